The number of nitrogens with zero attached hydrogens (tertiary/aromatic N) is 5. The quantitative estimate of drug-likeness (QED) is 0.730. The maximum atomic E-state index is 10.2. The molecule has 0 N–H and O–H groups in total. The lowest BCUT2D eigenvalue weighted by atomic mass is 10.4. The number of nitroso groups, excluding NO2 is 1. The molecule has 76 valence electrons. The lowest BCUT2D eigenvalue weighted by molar-refractivity contribution is 0.811. The number of halogens is 1. The first-order valence-electron chi connectivity index (χ1n) is 4.08. The Morgan fingerprint density at radius 2 is 2.27 bits per heavy atom. The normalized spacial score (nSPS) is 10.3. The summed E-state index contributed by atoms with van der Waals surface area (Å²) in [4.78, 5) is 18.2. The van der Waals surface area contributed by atoms with E-state index in [0.29, 0.717) is 16.7 Å². The summed E-state index contributed by atoms with van der Waals surface area (Å²) < 4.78 is 1.48. The Hall–Kier alpha value is -1.82. The van der Waals surface area contributed by atoms with Crippen LogP contribution < -0.4 is 0 Å². The fourth-order valence-corrected chi connectivity index (χ4v) is 1.37. The zero-order chi connectivity index (χ0) is 10.8. The van der Waals surface area contributed by atoms with Crippen LogP contribution in [0, 0.1) is 11.8 Å². The van der Waals surface area contributed by atoms with Crippen molar-refractivity contribution in [1.29, 1.82) is 0 Å². The van der Waals surface area contributed by atoms with E-state index in [-0.39, 0.29) is 5.69 Å². The van der Waals surface area contributed by atoms with E-state index in [1.54, 1.807) is 6.92 Å². The monoisotopic (exact) mass is 223 g/mol. The lowest BCUT2D eigenvalue weighted by Crippen LogP contribution is -2.02. The SMILES string of the molecule is Cc1ncnn1-c1ncc(N=O)cc1Cl. The topological polar surface area (TPSA) is 73.0 Å². The summed E-state index contributed by atoms with van der Waals surface area (Å²) in [7, 11) is 0. The number of hydrogen-bond acceptors (Lipinski definition) is 5. The van der Waals surface area contributed by atoms with Crippen LogP contribution in [0.1, 0.15) is 5.82 Å². The number of hydrogen-bond donors (Lipinski definition) is 0. The molecule has 2 heterocycles. The first-order valence-corrected chi connectivity index (χ1v) is 4.46. The van der Waals surface area contributed by atoms with Gasteiger partial charge >= 0.3 is 0 Å². The fourth-order valence-electron chi connectivity index (χ4n) is 1.13. The second-order valence-corrected chi connectivity index (χ2v) is 3.22. The predicted octanol–water partition coefficient (Wildman–Crippen LogP) is 2.02. The van der Waals surface area contributed by atoms with Gasteiger partial charge in [0.05, 0.1) is 11.2 Å². The highest BCUT2D eigenvalue weighted by Gasteiger charge is 2.09. The van der Waals surface area contributed by atoms with Crippen molar-refractivity contribution in [2.75, 3.05) is 0 Å². The van der Waals surface area contributed by atoms with Crippen LogP contribution in [-0.4, -0.2) is 19.7 Å². The average Bonchev–Trinajstić information content (AvgIpc) is 2.64. The Kier molecular flexibility index (Phi) is 2.42. The molecule has 0 aliphatic carbocycles. The second kappa shape index (κ2) is 3.74. The average molecular weight is 224 g/mol. The zero-order valence-corrected chi connectivity index (χ0v) is 8.51. The molecule has 0 aliphatic heterocycles. The van der Waals surface area contributed by atoms with Crippen molar-refractivity contribution in [1.82, 2.24) is 19.7 Å². The summed E-state index contributed by atoms with van der Waals surface area (Å²) in [6.45, 7) is 1.77. The van der Waals surface area contributed by atoms with Crippen LogP contribution in [0.2, 0.25) is 5.02 Å². The van der Waals surface area contributed by atoms with Gasteiger partial charge in [-0.1, -0.05) is 11.6 Å². The summed E-state index contributed by atoms with van der Waals surface area (Å²) in [5, 5.41) is 6.99. The van der Waals surface area contributed by atoms with E-state index in [1.165, 1.54) is 23.3 Å². The Morgan fingerprint density at radius 1 is 1.47 bits per heavy atom. The second-order valence-electron chi connectivity index (χ2n) is 2.81. The van der Waals surface area contributed by atoms with Crippen molar-refractivity contribution >= 4 is 17.3 Å². The molecule has 0 spiro atoms. The zero-order valence-electron chi connectivity index (χ0n) is 7.75. The third-order valence-corrected chi connectivity index (χ3v) is 2.11. The minimum atomic E-state index is 0.182. The molecule has 0 aliphatic rings. The number of rotatable bonds is 2. The highest BCUT2D eigenvalue weighted by molar-refractivity contribution is 6.32. The molecule has 0 radical (unpaired) electrons. The Morgan fingerprint density at radius 3 is 2.80 bits per heavy atom. The third-order valence-electron chi connectivity index (χ3n) is 1.83. The van der Waals surface area contributed by atoms with Gasteiger partial charge in [0.15, 0.2) is 5.82 Å². The molecule has 2 aromatic heterocycles. The lowest BCUT2D eigenvalue weighted by Gasteiger charge is -2.03. The molecule has 0 atom stereocenters. The highest BCUT2D eigenvalue weighted by Crippen LogP contribution is 2.22. The third kappa shape index (κ3) is 1.71. The van der Waals surface area contributed by atoms with Crippen LogP contribution in [0.25, 0.3) is 5.82 Å². The first kappa shape index (κ1) is 9.72. The van der Waals surface area contributed by atoms with Crippen LogP contribution in [-0.2, 0) is 0 Å². The Bertz CT molecular complexity index is 509. The molecule has 0 saturated heterocycles. The minimum absolute atomic E-state index is 0.182. The molecular formula is C8H6ClN5O. The molecule has 2 aromatic rings. The van der Waals surface area contributed by atoms with Crippen LogP contribution in [0.5, 0.6) is 0 Å². The van der Waals surface area contributed by atoms with Crippen molar-refractivity contribution in [3.05, 3.63) is 34.3 Å². The first-order chi connectivity index (χ1) is 7.22. The largest absolute Gasteiger partial charge is 0.233 e. The van der Waals surface area contributed by atoms with Gasteiger partial charge in [0.1, 0.15) is 17.8 Å². The van der Waals surface area contributed by atoms with E-state index in [4.69, 9.17) is 11.6 Å². The van der Waals surface area contributed by atoms with E-state index in [0.717, 1.165) is 0 Å². The van der Waals surface area contributed by atoms with Crippen LogP contribution >= 0.6 is 11.6 Å². The van der Waals surface area contributed by atoms with Gasteiger partial charge in [-0.05, 0) is 18.2 Å². The molecule has 0 aromatic carbocycles. The van der Waals surface area contributed by atoms with Gasteiger partial charge < -0.3 is 0 Å². The molecule has 2 rings (SSSR count). The van der Waals surface area contributed by atoms with Gasteiger partial charge in [-0.15, -0.1) is 4.91 Å². The smallest absolute Gasteiger partial charge is 0.174 e. The van der Waals surface area contributed by atoms with Gasteiger partial charge in [0.25, 0.3) is 0 Å². The van der Waals surface area contributed by atoms with Crippen molar-refractivity contribution in [3.63, 3.8) is 0 Å². The number of aromatic nitrogens is 4. The fraction of sp³-hybridized carbons (Fsp3) is 0.125. The van der Waals surface area contributed by atoms with Crippen LogP contribution in [0.4, 0.5) is 5.69 Å². The predicted molar refractivity (Wildman–Crippen MR) is 54.4 cm³/mol. The number of aryl methyl sites for hydroxylation is 1. The Balaban J connectivity index is 2.55. The van der Waals surface area contributed by atoms with Gasteiger partial charge in [0, 0.05) is 0 Å². The minimum Gasteiger partial charge on any atom is -0.233 e. The molecule has 15 heavy (non-hydrogen) atoms. The van der Waals surface area contributed by atoms with Gasteiger partial charge in [-0.3, -0.25) is 0 Å². The van der Waals surface area contributed by atoms with Crippen molar-refractivity contribution in [2.24, 2.45) is 5.18 Å². The molecular weight excluding hydrogens is 218 g/mol. The van der Waals surface area contributed by atoms with E-state index in [2.05, 4.69) is 20.2 Å². The van der Waals surface area contributed by atoms with Crippen molar-refractivity contribution in [3.8, 4) is 5.82 Å². The standard InChI is InChI=1S/C8H6ClN5O/c1-5-11-4-12-14(5)8-7(9)2-6(13-15)3-10-8/h2-4H,1H3. The van der Waals surface area contributed by atoms with E-state index >= 15 is 0 Å². The number of pyridine rings is 1. The molecule has 0 unspecified atom stereocenters. The van der Waals surface area contributed by atoms with Crippen molar-refractivity contribution in [2.45, 2.75) is 6.92 Å². The van der Waals surface area contributed by atoms with E-state index < -0.39 is 0 Å². The van der Waals surface area contributed by atoms with Crippen LogP contribution in [0.15, 0.2) is 23.8 Å². The summed E-state index contributed by atoms with van der Waals surface area (Å²) in [5.41, 5.74) is 0.182. The maximum Gasteiger partial charge on any atom is 0.174 e. The van der Waals surface area contributed by atoms with Gasteiger partial charge in [-0.2, -0.15) is 9.78 Å². The molecule has 6 nitrogen and oxygen atoms in total. The molecule has 0 amide bonds. The molecule has 0 fully saturated rings. The maximum absolute atomic E-state index is 10.2. The van der Waals surface area contributed by atoms with E-state index in [1.807, 2.05) is 0 Å². The summed E-state index contributed by atoms with van der Waals surface area (Å²) in [6.07, 6.45) is 2.73. The summed E-state index contributed by atoms with van der Waals surface area (Å²) in [5.74, 6) is 1.09. The highest BCUT2D eigenvalue weighted by atomic mass is 35.5. The Labute approximate surface area is 89.9 Å². The van der Waals surface area contributed by atoms with Crippen molar-refractivity contribution < 1.29 is 0 Å². The van der Waals surface area contributed by atoms with E-state index in [9.17, 15) is 4.91 Å². The van der Waals surface area contributed by atoms with Crippen LogP contribution in [0.3, 0.4) is 0 Å². The van der Waals surface area contributed by atoms with Gasteiger partial charge in [-0.25, -0.2) is 9.97 Å². The summed E-state index contributed by atoms with van der Waals surface area (Å²) in [6, 6.07) is 1.43. The summed E-state index contributed by atoms with van der Waals surface area (Å²) >= 11 is 5.92. The molecule has 0 bridgehead atoms. The van der Waals surface area contributed by atoms with Gasteiger partial charge in [0.2, 0.25) is 0 Å². The molecule has 0 saturated carbocycles. The molecule has 7 heteroatoms.